The van der Waals surface area contributed by atoms with Crippen LogP contribution in [0.4, 0.5) is 5.69 Å². The summed E-state index contributed by atoms with van der Waals surface area (Å²) < 4.78 is 28.2. The van der Waals surface area contributed by atoms with Crippen molar-refractivity contribution >= 4 is 65.1 Å². The van der Waals surface area contributed by atoms with E-state index in [0.717, 1.165) is 8.78 Å². The van der Waals surface area contributed by atoms with Crippen LogP contribution in [0.3, 0.4) is 0 Å². The molecule has 0 aliphatic heterocycles. The van der Waals surface area contributed by atoms with Crippen LogP contribution in [-0.4, -0.2) is 20.9 Å². The molecular weight excluding hydrogens is 486 g/mol. The molecule has 0 heterocycles. The van der Waals surface area contributed by atoms with E-state index in [-0.39, 0.29) is 15.6 Å². The molecule has 1 amide bonds. The Morgan fingerprint density at radius 3 is 2.25 bits per heavy atom. The molecule has 0 aliphatic carbocycles. The lowest BCUT2D eigenvalue weighted by molar-refractivity contribution is -0.119. The van der Waals surface area contributed by atoms with Crippen LogP contribution in [0.1, 0.15) is 0 Å². The van der Waals surface area contributed by atoms with Crippen molar-refractivity contribution in [3.8, 4) is 0 Å². The quantitative estimate of drug-likeness (QED) is 0.377. The molecule has 128 valence electrons. The summed E-state index contributed by atoms with van der Waals surface area (Å²) >= 11 is 12.7. The van der Waals surface area contributed by atoms with Gasteiger partial charge in [-0.1, -0.05) is 43.5 Å². The van der Waals surface area contributed by atoms with Gasteiger partial charge in [0.1, 0.15) is 6.54 Å². The monoisotopic (exact) mass is 495 g/mol. The first-order valence-electron chi connectivity index (χ1n) is 6.48. The standard InChI is InChI=1S/C14H12Br2ClN3O3S/c15-9-1-4-11(5-2-9)24(22,23)20(8-14(21)19-18)13-6-3-10(16)7-12(13)17/h1-7H,8,18H2,(H,19,21). The molecule has 2 aromatic carbocycles. The van der Waals surface area contributed by atoms with Gasteiger partial charge in [-0.15, -0.1) is 0 Å². The highest BCUT2D eigenvalue weighted by atomic mass is 79.9. The number of hydrazine groups is 1. The van der Waals surface area contributed by atoms with Crippen molar-refractivity contribution in [1.82, 2.24) is 5.43 Å². The van der Waals surface area contributed by atoms with Crippen LogP contribution in [0.25, 0.3) is 0 Å². The van der Waals surface area contributed by atoms with Crippen LogP contribution in [0.2, 0.25) is 5.02 Å². The predicted molar refractivity (Wildman–Crippen MR) is 100 cm³/mol. The molecule has 0 saturated heterocycles. The summed E-state index contributed by atoms with van der Waals surface area (Å²) in [7, 11) is -4.02. The SMILES string of the molecule is NNC(=O)CN(c1ccc(Br)cc1Cl)S(=O)(=O)c1ccc(Br)cc1. The highest BCUT2D eigenvalue weighted by molar-refractivity contribution is 9.10. The number of nitrogens with one attached hydrogen (secondary N) is 1. The van der Waals surface area contributed by atoms with Gasteiger partial charge in [0.15, 0.2) is 0 Å². The highest BCUT2D eigenvalue weighted by Crippen LogP contribution is 2.32. The molecule has 0 unspecified atom stereocenters. The van der Waals surface area contributed by atoms with Gasteiger partial charge in [-0.25, -0.2) is 14.3 Å². The average Bonchev–Trinajstić information content (AvgIpc) is 2.53. The van der Waals surface area contributed by atoms with E-state index in [9.17, 15) is 13.2 Å². The van der Waals surface area contributed by atoms with E-state index >= 15 is 0 Å². The second-order valence-corrected chi connectivity index (χ2v) is 8.73. The molecule has 0 aliphatic rings. The number of rotatable bonds is 5. The predicted octanol–water partition coefficient (Wildman–Crippen LogP) is 3.05. The number of benzene rings is 2. The minimum absolute atomic E-state index is 0.0227. The van der Waals surface area contributed by atoms with E-state index in [1.54, 1.807) is 24.3 Å². The highest BCUT2D eigenvalue weighted by Gasteiger charge is 2.28. The molecular formula is C14H12Br2ClN3O3S. The van der Waals surface area contributed by atoms with E-state index < -0.39 is 22.5 Å². The molecule has 2 aromatic rings. The van der Waals surface area contributed by atoms with Crippen LogP contribution in [0, 0.1) is 0 Å². The lowest BCUT2D eigenvalue weighted by atomic mass is 10.3. The van der Waals surface area contributed by atoms with E-state index in [0.29, 0.717) is 4.47 Å². The third-order valence-corrected chi connectivity index (χ3v) is 6.13. The van der Waals surface area contributed by atoms with Gasteiger partial charge in [-0.05, 0) is 42.5 Å². The lowest BCUT2D eigenvalue weighted by Gasteiger charge is -2.24. The zero-order valence-electron chi connectivity index (χ0n) is 12.0. The van der Waals surface area contributed by atoms with Gasteiger partial charge in [0.05, 0.1) is 15.6 Å². The number of amides is 1. The number of sulfonamides is 1. The van der Waals surface area contributed by atoms with Gasteiger partial charge in [-0.3, -0.25) is 14.5 Å². The summed E-state index contributed by atoms with van der Waals surface area (Å²) in [5.41, 5.74) is 2.10. The molecule has 0 aromatic heterocycles. The third kappa shape index (κ3) is 4.28. The molecule has 0 atom stereocenters. The van der Waals surface area contributed by atoms with Gasteiger partial charge in [0.2, 0.25) is 0 Å². The van der Waals surface area contributed by atoms with Gasteiger partial charge >= 0.3 is 0 Å². The van der Waals surface area contributed by atoms with Crippen molar-refractivity contribution in [2.24, 2.45) is 5.84 Å². The molecule has 2 rings (SSSR count). The van der Waals surface area contributed by atoms with Gasteiger partial charge < -0.3 is 0 Å². The molecule has 24 heavy (non-hydrogen) atoms. The van der Waals surface area contributed by atoms with Crippen LogP contribution >= 0.6 is 43.5 Å². The Labute approximate surface area is 161 Å². The van der Waals surface area contributed by atoms with Crippen molar-refractivity contribution in [3.05, 3.63) is 56.4 Å². The molecule has 6 nitrogen and oxygen atoms in total. The number of hydrogen-bond donors (Lipinski definition) is 2. The third-order valence-electron chi connectivity index (χ3n) is 3.03. The van der Waals surface area contributed by atoms with Crippen molar-refractivity contribution in [3.63, 3.8) is 0 Å². The Kier molecular flexibility index (Phi) is 6.27. The first-order chi connectivity index (χ1) is 11.3. The smallest absolute Gasteiger partial charge is 0.264 e. The first kappa shape index (κ1) is 19.2. The Morgan fingerprint density at radius 2 is 1.71 bits per heavy atom. The summed E-state index contributed by atoms with van der Waals surface area (Å²) in [5, 5.41) is 0.176. The zero-order chi connectivity index (χ0) is 17.9. The molecule has 3 N–H and O–H groups in total. The number of carbonyl (C=O) groups is 1. The fraction of sp³-hybridized carbons (Fsp3) is 0.0714. The Hall–Kier alpha value is -1.13. The summed E-state index contributed by atoms with van der Waals surface area (Å²) in [6, 6.07) is 10.7. The van der Waals surface area contributed by atoms with E-state index in [4.69, 9.17) is 17.4 Å². The molecule has 0 spiro atoms. The van der Waals surface area contributed by atoms with Crippen LogP contribution < -0.4 is 15.6 Å². The van der Waals surface area contributed by atoms with Crippen molar-refractivity contribution in [2.75, 3.05) is 10.8 Å². The number of carbonyl (C=O) groups excluding carboxylic acids is 1. The van der Waals surface area contributed by atoms with E-state index in [2.05, 4.69) is 31.9 Å². The summed E-state index contributed by atoms with van der Waals surface area (Å²) in [6.07, 6.45) is 0. The lowest BCUT2D eigenvalue weighted by Crippen LogP contribution is -2.43. The Bertz CT molecular complexity index is 860. The Balaban J connectivity index is 2.57. The fourth-order valence-electron chi connectivity index (χ4n) is 1.89. The number of nitrogens with two attached hydrogens (primary N) is 1. The van der Waals surface area contributed by atoms with Crippen LogP contribution in [0.5, 0.6) is 0 Å². The van der Waals surface area contributed by atoms with Gasteiger partial charge in [0, 0.05) is 8.95 Å². The minimum atomic E-state index is -4.02. The maximum atomic E-state index is 13.0. The number of hydrogen-bond acceptors (Lipinski definition) is 4. The largest absolute Gasteiger partial charge is 0.293 e. The summed E-state index contributed by atoms with van der Waals surface area (Å²) in [4.78, 5) is 11.7. The van der Waals surface area contributed by atoms with Crippen molar-refractivity contribution < 1.29 is 13.2 Å². The molecule has 0 bridgehead atoms. The average molecular weight is 498 g/mol. The first-order valence-corrected chi connectivity index (χ1v) is 9.89. The molecule has 0 fully saturated rings. The summed E-state index contributed by atoms with van der Waals surface area (Å²) in [6.45, 7) is -0.504. The van der Waals surface area contributed by atoms with Gasteiger partial charge in [0.25, 0.3) is 15.9 Å². The zero-order valence-corrected chi connectivity index (χ0v) is 16.8. The number of nitrogens with zero attached hydrogens (tertiary/aromatic N) is 1. The second kappa shape index (κ2) is 7.83. The number of halogens is 3. The van der Waals surface area contributed by atoms with E-state index in [1.807, 2.05) is 5.43 Å². The summed E-state index contributed by atoms with van der Waals surface area (Å²) in [5.74, 6) is 4.42. The van der Waals surface area contributed by atoms with Crippen LogP contribution in [-0.2, 0) is 14.8 Å². The van der Waals surface area contributed by atoms with E-state index in [1.165, 1.54) is 18.2 Å². The topological polar surface area (TPSA) is 92.5 Å². The second-order valence-electron chi connectivity index (χ2n) is 4.63. The Morgan fingerprint density at radius 1 is 1.12 bits per heavy atom. The van der Waals surface area contributed by atoms with Crippen molar-refractivity contribution in [1.29, 1.82) is 0 Å². The maximum absolute atomic E-state index is 13.0. The van der Waals surface area contributed by atoms with Crippen molar-refractivity contribution in [2.45, 2.75) is 4.90 Å². The number of anilines is 1. The minimum Gasteiger partial charge on any atom is -0.293 e. The normalized spacial score (nSPS) is 11.2. The molecule has 0 saturated carbocycles. The van der Waals surface area contributed by atoms with Gasteiger partial charge in [-0.2, -0.15) is 0 Å². The maximum Gasteiger partial charge on any atom is 0.264 e. The molecule has 10 heteroatoms. The van der Waals surface area contributed by atoms with Crippen LogP contribution in [0.15, 0.2) is 56.3 Å². The fourth-order valence-corrected chi connectivity index (χ4v) is 4.42. The molecule has 0 radical (unpaired) electrons.